The summed E-state index contributed by atoms with van der Waals surface area (Å²) in [5.41, 5.74) is 3.64. The van der Waals surface area contributed by atoms with Gasteiger partial charge in [0.25, 0.3) is 5.91 Å². The van der Waals surface area contributed by atoms with E-state index in [4.69, 9.17) is 9.72 Å². The molecule has 0 aliphatic heterocycles. The molecule has 0 saturated carbocycles. The van der Waals surface area contributed by atoms with Gasteiger partial charge in [-0.2, -0.15) is 0 Å². The van der Waals surface area contributed by atoms with Crippen molar-refractivity contribution in [1.82, 2.24) is 9.88 Å². The Hall–Kier alpha value is -2.15. The highest BCUT2D eigenvalue weighted by molar-refractivity contribution is 7.22. The molecule has 0 radical (unpaired) electrons. The number of amides is 1. The number of anilines is 1. The summed E-state index contributed by atoms with van der Waals surface area (Å²) >= 11 is 1.51. The molecule has 0 aliphatic carbocycles. The average Bonchev–Trinajstić information content (AvgIpc) is 3.05. The van der Waals surface area contributed by atoms with Gasteiger partial charge in [0.2, 0.25) is 0 Å². The normalized spacial score (nSPS) is 10.8. The number of hydrogen-bond acceptors (Lipinski definition) is 5. The number of fused-ring (bicyclic) bond motifs is 1. The molecular formula is C21H26ClN3O2S. The van der Waals surface area contributed by atoms with E-state index < -0.39 is 0 Å². The Morgan fingerprint density at radius 2 is 1.89 bits per heavy atom. The number of thiazole rings is 1. The molecule has 2 aromatic carbocycles. The molecule has 1 heterocycles. The van der Waals surface area contributed by atoms with Crippen molar-refractivity contribution in [2.24, 2.45) is 0 Å². The van der Waals surface area contributed by atoms with Gasteiger partial charge in [-0.15, -0.1) is 12.4 Å². The van der Waals surface area contributed by atoms with E-state index in [1.807, 2.05) is 64.3 Å². The number of methoxy groups -OCH3 is 1. The Labute approximate surface area is 176 Å². The summed E-state index contributed by atoms with van der Waals surface area (Å²) in [6, 6.07) is 11.8. The lowest BCUT2D eigenvalue weighted by atomic mass is 10.0. The summed E-state index contributed by atoms with van der Waals surface area (Å²) in [6.07, 6.45) is 0. The minimum absolute atomic E-state index is 0. The largest absolute Gasteiger partial charge is 0.494 e. The first-order valence-electron chi connectivity index (χ1n) is 8.88. The minimum atomic E-state index is -0.0210. The van der Waals surface area contributed by atoms with Crippen LogP contribution in [0.1, 0.15) is 21.5 Å². The van der Waals surface area contributed by atoms with Crippen LogP contribution in [0.4, 0.5) is 5.13 Å². The van der Waals surface area contributed by atoms with Crippen molar-refractivity contribution in [3.63, 3.8) is 0 Å². The van der Waals surface area contributed by atoms with Crippen LogP contribution in [-0.2, 0) is 0 Å². The lowest BCUT2D eigenvalue weighted by molar-refractivity contribution is 0.0984. The molecule has 5 nitrogen and oxygen atoms in total. The standard InChI is InChI=1S/C21H25N3O2S.ClH/c1-14-9-10-16(15(2)13-14)20(25)24(12-11-23(3)4)21-22-19-17(26-5)7-6-8-18(19)27-21;/h6-10,13H,11-12H2,1-5H3;1H. The second-order valence-electron chi connectivity index (χ2n) is 6.88. The molecule has 0 unspecified atom stereocenters. The fourth-order valence-corrected chi connectivity index (χ4v) is 3.98. The quantitative estimate of drug-likeness (QED) is 0.587. The Morgan fingerprint density at radius 1 is 1.14 bits per heavy atom. The fourth-order valence-electron chi connectivity index (χ4n) is 2.97. The van der Waals surface area contributed by atoms with Gasteiger partial charge in [-0.05, 0) is 51.7 Å². The lowest BCUT2D eigenvalue weighted by Gasteiger charge is -2.23. The summed E-state index contributed by atoms with van der Waals surface area (Å²) in [6.45, 7) is 5.33. The van der Waals surface area contributed by atoms with E-state index >= 15 is 0 Å². The highest BCUT2D eigenvalue weighted by atomic mass is 35.5. The molecule has 1 amide bonds. The number of ether oxygens (including phenoxy) is 1. The van der Waals surface area contributed by atoms with Gasteiger partial charge in [0.05, 0.1) is 11.8 Å². The third-order valence-electron chi connectivity index (χ3n) is 4.45. The van der Waals surface area contributed by atoms with Crippen LogP contribution in [0, 0.1) is 13.8 Å². The molecule has 0 aliphatic rings. The molecule has 3 aromatic rings. The topological polar surface area (TPSA) is 45.7 Å². The minimum Gasteiger partial charge on any atom is -0.494 e. The number of nitrogens with zero attached hydrogens (tertiary/aromatic N) is 3. The van der Waals surface area contributed by atoms with Crippen molar-refractivity contribution in [3.05, 3.63) is 53.1 Å². The molecule has 0 bridgehead atoms. The Bertz CT molecular complexity index is 971. The second kappa shape index (κ2) is 9.37. The molecule has 3 rings (SSSR count). The predicted molar refractivity (Wildman–Crippen MR) is 120 cm³/mol. The molecule has 0 saturated heterocycles. The summed E-state index contributed by atoms with van der Waals surface area (Å²) < 4.78 is 6.44. The van der Waals surface area contributed by atoms with Gasteiger partial charge in [-0.1, -0.05) is 35.1 Å². The summed E-state index contributed by atoms with van der Waals surface area (Å²) in [5, 5.41) is 0.696. The van der Waals surface area contributed by atoms with E-state index in [-0.39, 0.29) is 18.3 Å². The maximum atomic E-state index is 13.4. The van der Waals surface area contributed by atoms with Crippen molar-refractivity contribution in [2.45, 2.75) is 13.8 Å². The number of hydrogen-bond donors (Lipinski definition) is 0. The third-order valence-corrected chi connectivity index (χ3v) is 5.49. The monoisotopic (exact) mass is 419 g/mol. The Morgan fingerprint density at radius 3 is 2.54 bits per heavy atom. The fraction of sp³-hybridized carbons (Fsp3) is 0.333. The first-order valence-corrected chi connectivity index (χ1v) is 9.69. The number of halogens is 1. The van der Waals surface area contributed by atoms with E-state index in [9.17, 15) is 4.79 Å². The zero-order valence-electron chi connectivity index (χ0n) is 16.9. The van der Waals surface area contributed by atoms with Crippen LogP contribution < -0.4 is 9.64 Å². The highest BCUT2D eigenvalue weighted by Crippen LogP contribution is 2.34. The van der Waals surface area contributed by atoms with Gasteiger partial charge >= 0.3 is 0 Å². The molecule has 1 aromatic heterocycles. The average molecular weight is 420 g/mol. The van der Waals surface area contributed by atoms with Crippen molar-refractivity contribution in [2.75, 3.05) is 39.2 Å². The number of rotatable bonds is 6. The SMILES string of the molecule is COc1cccc2sc(N(CCN(C)C)C(=O)c3ccc(C)cc3C)nc12.Cl. The molecule has 0 atom stereocenters. The smallest absolute Gasteiger partial charge is 0.260 e. The molecular weight excluding hydrogens is 394 g/mol. The molecule has 7 heteroatoms. The van der Waals surface area contributed by atoms with Crippen molar-refractivity contribution < 1.29 is 9.53 Å². The number of benzene rings is 2. The van der Waals surface area contributed by atoms with E-state index in [2.05, 4.69) is 4.90 Å². The molecule has 150 valence electrons. The predicted octanol–water partition coefficient (Wildman–Crippen LogP) is 4.55. The third kappa shape index (κ3) is 4.63. The lowest BCUT2D eigenvalue weighted by Crippen LogP contribution is -2.37. The molecule has 28 heavy (non-hydrogen) atoms. The van der Waals surface area contributed by atoms with Gasteiger partial charge in [-0.3, -0.25) is 9.69 Å². The maximum absolute atomic E-state index is 13.4. The van der Waals surface area contributed by atoms with Gasteiger partial charge in [-0.25, -0.2) is 4.98 Å². The first-order chi connectivity index (χ1) is 12.9. The Kier molecular flexibility index (Phi) is 7.41. The van der Waals surface area contributed by atoms with Crippen LogP contribution in [0.3, 0.4) is 0 Å². The maximum Gasteiger partial charge on any atom is 0.260 e. The summed E-state index contributed by atoms with van der Waals surface area (Å²) in [7, 11) is 5.64. The number of carbonyl (C=O) groups excluding carboxylic acids is 1. The summed E-state index contributed by atoms with van der Waals surface area (Å²) in [4.78, 5) is 21.9. The van der Waals surface area contributed by atoms with E-state index in [0.717, 1.165) is 33.6 Å². The number of likely N-dealkylation sites (N-methyl/N-ethyl adjacent to an activating group) is 1. The number of carbonyl (C=O) groups is 1. The summed E-state index contributed by atoms with van der Waals surface area (Å²) in [5.74, 6) is 0.703. The van der Waals surface area contributed by atoms with E-state index in [0.29, 0.717) is 17.2 Å². The molecule has 0 spiro atoms. The number of aryl methyl sites for hydroxylation is 2. The van der Waals surface area contributed by atoms with Crippen LogP contribution in [0.25, 0.3) is 10.2 Å². The number of aromatic nitrogens is 1. The Balaban J connectivity index is 0.00000280. The van der Waals surface area contributed by atoms with Gasteiger partial charge < -0.3 is 9.64 Å². The van der Waals surface area contributed by atoms with Crippen molar-refractivity contribution in [1.29, 1.82) is 0 Å². The van der Waals surface area contributed by atoms with Crippen LogP contribution in [0.15, 0.2) is 36.4 Å². The van der Waals surface area contributed by atoms with Crippen LogP contribution in [-0.4, -0.2) is 50.1 Å². The van der Waals surface area contributed by atoms with Gasteiger partial charge in [0.1, 0.15) is 11.3 Å². The van der Waals surface area contributed by atoms with E-state index in [1.54, 1.807) is 12.0 Å². The van der Waals surface area contributed by atoms with Crippen LogP contribution in [0.5, 0.6) is 5.75 Å². The van der Waals surface area contributed by atoms with E-state index in [1.165, 1.54) is 11.3 Å². The molecule has 0 N–H and O–H groups in total. The molecule has 0 fully saturated rings. The van der Waals surface area contributed by atoms with Gasteiger partial charge in [0.15, 0.2) is 5.13 Å². The van der Waals surface area contributed by atoms with Crippen LogP contribution >= 0.6 is 23.7 Å². The second-order valence-corrected chi connectivity index (χ2v) is 7.89. The number of para-hydroxylation sites is 1. The van der Waals surface area contributed by atoms with Crippen LogP contribution in [0.2, 0.25) is 0 Å². The van der Waals surface area contributed by atoms with Crippen molar-refractivity contribution >= 4 is 45.0 Å². The zero-order chi connectivity index (χ0) is 19.6. The zero-order valence-corrected chi connectivity index (χ0v) is 18.5. The van der Waals surface area contributed by atoms with Gasteiger partial charge in [0, 0.05) is 18.7 Å². The first kappa shape index (κ1) is 22.1. The van der Waals surface area contributed by atoms with Crippen molar-refractivity contribution in [3.8, 4) is 5.75 Å². The highest BCUT2D eigenvalue weighted by Gasteiger charge is 2.23.